The zero-order valence-electron chi connectivity index (χ0n) is 12.6. The molecule has 0 aliphatic carbocycles. The molecule has 0 saturated heterocycles. The van der Waals surface area contributed by atoms with Crippen molar-refractivity contribution in [3.63, 3.8) is 0 Å². The summed E-state index contributed by atoms with van der Waals surface area (Å²) in [6.07, 6.45) is 2.02. The molecular weight excluding hydrogens is 252 g/mol. The first-order valence-electron chi connectivity index (χ1n) is 7.03. The van der Waals surface area contributed by atoms with Crippen LogP contribution in [0.15, 0.2) is 18.2 Å². The number of esters is 1. The Kier molecular flexibility index (Phi) is 4.02. The van der Waals surface area contributed by atoms with Gasteiger partial charge in [0.05, 0.1) is 18.2 Å². The molecule has 0 atom stereocenters. The number of benzene rings is 1. The number of nitrogens with zero attached hydrogens (tertiary/aromatic N) is 1. The van der Waals surface area contributed by atoms with E-state index >= 15 is 0 Å². The third-order valence-corrected chi connectivity index (χ3v) is 3.97. The molecule has 1 aromatic carbocycles. The number of nitrogen functional groups attached to an aromatic ring is 1. The van der Waals surface area contributed by atoms with Crippen molar-refractivity contribution in [3.8, 4) is 0 Å². The van der Waals surface area contributed by atoms with Crippen LogP contribution in [0.2, 0.25) is 0 Å². The third kappa shape index (κ3) is 2.15. The maximum absolute atomic E-state index is 12.1. The fourth-order valence-electron chi connectivity index (χ4n) is 2.94. The summed E-state index contributed by atoms with van der Waals surface area (Å²) in [5.74, 6) is -0.290. The molecule has 0 saturated carbocycles. The van der Waals surface area contributed by atoms with E-state index in [2.05, 4.69) is 18.4 Å². The van der Waals surface area contributed by atoms with Crippen LogP contribution in [0.3, 0.4) is 0 Å². The van der Waals surface area contributed by atoms with E-state index in [0.717, 1.165) is 29.4 Å². The van der Waals surface area contributed by atoms with E-state index in [1.807, 2.05) is 25.1 Å². The molecule has 1 heterocycles. The summed E-state index contributed by atoms with van der Waals surface area (Å²) < 4.78 is 7.15. The Hall–Kier alpha value is -1.97. The number of methoxy groups -OCH3 is 1. The second kappa shape index (κ2) is 5.57. The van der Waals surface area contributed by atoms with Gasteiger partial charge in [0.1, 0.15) is 0 Å². The van der Waals surface area contributed by atoms with Crippen LogP contribution in [0.4, 0.5) is 5.69 Å². The van der Waals surface area contributed by atoms with Gasteiger partial charge in [-0.2, -0.15) is 0 Å². The molecule has 4 nitrogen and oxygen atoms in total. The van der Waals surface area contributed by atoms with Gasteiger partial charge >= 0.3 is 5.97 Å². The average Bonchev–Trinajstić information content (AvgIpc) is 2.72. The SMILES string of the molecule is CCC(CC)n1c(C)c(C(=O)OC)c2ccc(N)cc21. The van der Waals surface area contributed by atoms with Crippen molar-refractivity contribution in [1.29, 1.82) is 0 Å². The Bertz CT molecular complexity index is 639. The van der Waals surface area contributed by atoms with Crippen molar-refractivity contribution in [2.75, 3.05) is 12.8 Å². The highest BCUT2D eigenvalue weighted by Gasteiger charge is 2.23. The molecule has 0 bridgehead atoms. The van der Waals surface area contributed by atoms with Crippen molar-refractivity contribution >= 4 is 22.6 Å². The van der Waals surface area contributed by atoms with E-state index in [0.29, 0.717) is 17.3 Å². The molecule has 108 valence electrons. The number of hydrogen-bond acceptors (Lipinski definition) is 3. The van der Waals surface area contributed by atoms with Crippen LogP contribution in [-0.2, 0) is 4.74 Å². The van der Waals surface area contributed by atoms with Gasteiger partial charge < -0.3 is 15.0 Å². The molecule has 4 heteroatoms. The molecule has 2 N–H and O–H groups in total. The Morgan fingerprint density at radius 3 is 2.55 bits per heavy atom. The van der Waals surface area contributed by atoms with Gasteiger partial charge in [0.2, 0.25) is 0 Å². The Balaban J connectivity index is 2.82. The fraction of sp³-hybridized carbons (Fsp3) is 0.438. The number of ether oxygens (including phenoxy) is 1. The number of fused-ring (bicyclic) bond motifs is 1. The number of carbonyl (C=O) groups excluding carboxylic acids is 1. The quantitative estimate of drug-likeness (QED) is 0.683. The lowest BCUT2D eigenvalue weighted by molar-refractivity contribution is 0.0601. The molecule has 0 fully saturated rings. The summed E-state index contributed by atoms with van der Waals surface area (Å²) in [4.78, 5) is 12.1. The standard InChI is InChI=1S/C16H22N2O2/c1-5-12(6-2)18-10(3)15(16(19)20-4)13-8-7-11(17)9-14(13)18/h7-9,12H,5-6,17H2,1-4H3. The lowest BCUT2D eigenvalue weighted by Gasteiger charge is -2.19. The van der Waals surface area contributed by atoms with Crippen molar-refractivity contribution in [1.82, 2.24) is 4.57 Å². The lowest BCUT2D eigenvalue weighted by atomic mass is 10.1. The predicted molar refractivity (Wildman–Crippen MR) is 82.0 cm³/mol. The third-order valence-electron chi connectivity index (χ3n) is 3.97. The maximum atomic E-state index is 12.1. The number of anilines is 1. The van der Waals surface area contributed by atoms with E-state index in [9.17, 15) is 4.79 Å². The van der Waals surface area contributed by atoms with E-state index in [1.165, 1.54) is 7.11 Å². The van der Waals surface area contributed by atoms with E-state index < -0.39 is 0 Å². The Morgan fingerprint density at radius 2 is 2.00 bits per heavy atom. The highest BCUT2D eigenvalue weighted by molar-refractivity contribution is 6.06. The summed E-state index contributed by atoms with van der Waals surface area (Å²) in [7, 11) is 1.42. The van der Waals surface area contributed by atoms with Crippen molar-refractivity contribution in [3.05, 3.63) is 29.5 Å². The molecule has 1 aromatic heterocycles. The second-order valence-corrected chi connectivity index (χ2v) is 5.07. The average molecular weight is 274 g/mol. The first-order chi connectivity index (χ1) is 9.54. The van der Waals surface area contributed by atoms with Crippen molar-refractivity contribution in [2.45, 2.75) is 39.7 Å². The van der Waals surface area contributed by atoms with Crippen LogP contribution in [0.25, 0.3) is 10.9 Å². The van der Waals surface area contributed by atoms with Crippen LogP contribution >= 0.6 is 0 Å². The van der Waals surface area contributed by atoms with Crippen LogP contribution in [0.5, 0.6) is 0 Å². The van der Waals surface area contributed by atoms with Gasteiger partial charge in [-0.05, 0) is 38.0 Å². The van der Waals surface area contributed by atoms with Crippen LogP contribution < -0.4 is 5.73 Å². The monoisotopic (exact) mass is 274 g/mol. The summed E-state index contributed by atoms with van der Waals surface area (Å²) in [6, 6.07) is 6.03. The molecule has 0 amide bonds. The van der Waals surface area contributed by atoms with E-state index in [4.69, 9.17) is 10.5 Å². The minimum atomic E-state index is -0.290. The summed E-state index contributed by atoms with van der Waals surface area (Å²) in [5, 5.41) is 0.912. The minimum absolute atomic E-state index is 0.290. The fourth-order valence-corrected chi connectivity index (χ4v) is 2.94. The zero-order valence-corrected chi connectivity index (χ0v) is 12.6. The summed E-state index contributed by atoms with van der Waals surface area (Å²) in [6.45, 7) is 6.29. The Morgan fingerprint density at radius 1 is 1.35 bits per heavy atom. The van der Waals surface area contributed by atoms with Gasteiger partial charge in [0.25, 0.3) is 0 Å². The lowest BCUT2D eigenvalue weighted by Crippen LogP contribution is -2.10. The molecule has 0 aliphatic rings. The maximum Gasteiger partial charge on any atom is 0.340 e. The van der Waals surface area contributed by atoms with E-state index in [1.54, 1.807) is 0 Å². The Labute approximate surface area is 119 Å². The predicted octanol–water partition coefficient (Wildman–Crippen LogP) is 3.68. The number of hydrogen-bond donors (Lipinski definition) is 1. The smallest absolute Gasteiger partial charge is 0.340 e. The largest absolute Gasteiger partial charge is 0.465 e. The molecule has 0 aliphatic heterocycles. The van der Waals surface area contributed by atoms with Gasteiger partial charge in [-0.15, -0.1) is 0 Å². The molecule has 2 aromatic rings. The summed E-state index contributed by atoms with van der Waals surface area (Å²) in [5.41, 5.74) is 9.23. The molecule has 0 unspecified atom stereocenters. The van der Waals surface area contributed by atoms with Gasteiger partial charge in [-0.1, -0.05) is 13.8 Å². The molecule has 0 spiro atoms. The highest BCUT2D eigenvalue weighted by Crippen LogP contribution is 2.33. The van der Waals surface area contributed by atoms with Gasteiger partial charge in [0, 0.05) is 22.8 Å². The molecular formula is C16H22N2O2. The second-order valence-electron chi connectivity index (χ2n) is 5.07. The number of aromatic nitrogens is 1. The number of nitrogens with two attached hydrogens (primary N) is 1. The molecule has 2 rings (SSSR count). The number of rotatable bonds is 4. The van der Waals surface area contributed by atoms with Crippen molar-refractivity contribution < 1.29 is 9.53 Å². The van der Waals surface area contributed by atoms with Gasteiger partial charge in [-0.25, -0.2) is 4.79 Å². The normalized spacial score (nSPS) is 11.2. The first-order valence-corrected chi connectivity index (χ1v) is 7.03. The van der Waals surface area contributed by atoms with Crippen LogP contribution in [-0.4, -0.2) is 17.6 Å². The zero-order chi connectivity index (χ0) is 14.9. The summed E-state index contributed by atoms with van der Waals surface area (Å²) >= 11 is 0. The van der Waals surface area contributed by atoms with E-state index in [-0.39, 0.29) is 5.97 Å². The van der Waals surface area contributed by atoms with Crippen molar-refractivity contribution in [2.24, 2.45) is 0 Å². The highest BCUT2D eigenvalue weighted by atomic mass is 16.5. The molecule has 20 heavy (non-hydrogen) atoms. The first kappa shape index (κ1) is 14.4. The number of carbonyl (C=O) groups is 1. The van der Waals surface area contributed by atoms with Gasteiger partial charge in [-0.3, -0.25) is 0 Å². The minimum Gasteiger partial charge on any atom is -0.465 e. The van der Waals surface area contributed by atoms with Crippen LogP contribution in [0.1, 0.15) is 48.8 Å². The van der Waals surface area contributed by atoms with Gasteiger partial charge in [0.15, 0.2) is 0 Å². The topological polar surface area (TPSA) is 57.2 Å². The molecule has 0 radical (unpaired) electrons. The van der Waals surface area contributed by atoms with Crippen LogP contribution in [0, 0.1) is 6.92 Å².